The van der Waals surface area contributed by atoms with Crippen LogP contribution in [0.25, 0.3) is 5.57 Å². The molecule has 0 spiro atoms. The number of nitrogens with zero attached hydrogens (tertiary/aromatic N) is 1. The number of imide groups is 1. The van der Waals surface area contributed by atoms with Gasteiger partial charge in [0.15, 0.2) is 0 Å². The number of hydrogen-bond donors (Lipinski definition) is 1. The van der Waals surface area contributed by atoms with Crippen LogP contribution in [-0.4, -0.2) is 18.4 Å². The number of anilines is 2. The normalized spacial score (nSPS) is 13.7. The van der Waals surface area contributed by atoms with Gasteiger partial charge in [-0.25, -0.2) is 4.90 Å². The van der Waals surface area contributed by atoms with Crippen molar-refractivity contribution in [1.29, 1.82) is 0 Å². The van der Waals surface area contributed by atoms with Gasteiger partial charge in [-0.1, -0.05) is 49.4 Å². The standard InChI is InChI=1S/C27H26N2O3/c1-4-16-32-22-14-12-20(13-15-22)24-25(28-23-17-18(2)10-11-19(23)3)27(31)29(26(24)30)21-8-6-5-7-9-21/h5-15,17,28H,4,16H2,1-3H3. The molecule has 1 heterocycles. The first-order valence-corrected chi connectivity index (χ1v) is 10.7. The van der Waals surface area contributed by atoms with Crippen LogP contribution in [-0.2, 0) is 9.59 Å². The average Bonchev–Trinajstić information content (AvgIpc) is 3.05. The number of hydrogen-bond acceptors (Lipinski definition) is 4. The second-order valence-electron chi connectivity index (χ2n) is 7.85. The molecular formula is C27H26N2O3. The van der Waals surface area contributed by atoms with Crippen LogP contribution < -0.4 is 15.0 Å². The predicted molar refractivity (Wildman–Crippen MR) is 128 cm³/mol. The molecule has 162 valence electrons. The van der Waals surface area contributed by atoms with E-state index in [-0.39, 0.29) is 17.5 Å². The van der Waals surface area contributed by atoms with Crippen molar-refractivity contribution < 1.29 is 14.3 Å². The first kappa shape index (κ1) is 21.4. The summed E-state index contributed by atoms with van der Waals surface area (Å²) in [4.78, 5) is 28.2. The Morgan fingerprint density at radius 3 is 2.28 bits per heavy atom. The molecule has 0 atom stereocenters. The Labute approximate surface area is 188 Å². The molecule has 0 saturated heterocycles. The van der Waals surface area contributed by atoms with E-state index in [9.17, 15) is 9.59 Å². The van der Waals surface area contributed by atoms with Crippen molar-refractivity contribution >= 4 is 28.8 Å². The highest BCUT2D eigenvalue weighted by Crippen LogP contribution is 2.35. The number of amides is 2. The maximum Gasteiger partial charge on any atom is 0.282 e. The fourth-order valence-corrected chi connectivity index (χ4v) is 3.67. The summed E-state index contributed by atoms with van der Waals surface area (Å²) in [6.45, 7) is 6.64. The number of para-hydroxylation sites is 1. The minimum atomic E-state index is -0.372. The monoisotopic (exact) mass is 426 g/mol. The molecule has 3 aromatic carbocycles. The van der Waals surface area contributed by atoms with Crippen LogP contribution in [0.2, 0.25) is 0 Å². The summed E-state index contributed by atoms with van der Waals surface area (Å²) in [5.41, 5.74) is 4.69. The van der Waals surface area contributed by atoms with Gasteiger partial charge in [-0.05, 0) is 67.3 Å². The van der Waals surface area contributed by atoms with Crippen molar-refractivity contribution in [3.05, 3.63) is 95.2 Å². The van der Waals surface area contributed by atoms with E-state index >= 15 is 0 Å². The third-order valence-corrected chi connectivity index (χ3v) is 5.37. The van der Waals surface area contributed by atoms with Crippen molar-refractivity contribution in [1.82, 2.24) is 0 Å². The number of carbonyl (C=O) groups is 2. The Bertz CT molecular complexity index is 1180. The molecule has 0 radical (unpaired) electrons. The van der Waals surface area contributed by atoms with Crippen LogP contribution in [0.3, 0.4) is 0 Å². The van der Waals surface area contributed by atoms with Crippen LogP contribution in [0.5, 0.6) is 5.75 Å². The lowest BCUT2D eigenvalue weighted by atomic mass is 10.0. The second kappa shape index (κ2) is 9.10. The molecule has 5 heteroatoms. The van der Waals surface area contributed by atoms with Crippen molar-refractivity contribution in [3.8, 4) is 5.75 Å². The SMILES string of the molecule is CCCOc1ccc(C2=C(Nc3cc(C)ccc3C)C(=O)N(c3ccccc3)C2=O)cc1. The van der Waals surface area contributed by atoms with Crippen LogP contribution >= 0.6 is 0 Å². The molecule has 2 amide bonds. The third kappa shape index (κ3) is 4.14. The molecule has 0 aromatic heterocycles. The van der Waals surface area contributed by atoms with Crippen molar-refractivity contribution in [3.63, 3.8) is 0 Å². The number of carbonyl (C=O) groups excluding carboxylic acids is 2. The summed E-state index contributed by atoms with van der Waals surface area (Å²) in [6, 6.07) is 22.3. The van der Waals surface area contributed by atoms with E-state index in [4.69, 9.17) is 4.74 Å². The molecule has 1 aliphatic heterocycles. The van der Waals surface area contributed by atoms with Gasteiger partial charge in [-0.15, -0.1) is 0 Å². The number of rotatable bonds is 7. The fourth-order valence-electron chi connectivity index (χ4n) is 3.67. The molecular weight excluding hydrogens is 400 g/mol. The minimum absolute atomic E-state index is 0.273. The molecule has 5 nitrogen and oxygen atoms in total. The number of benzene rings is 3. The highest BCUT2D eigenvalue weighted by atomic mass is 16.5. The smallest absolute Gasteiger partial charge is 0.282 e. The predicted octanol–water partition coefficient (Wildman–Crippen LogP) is 5.49. The number of nitrogens with one attached hydrogen (secondary N) is 1. The molecule has 0 aliphatic carbocycles. The van der Waals surface area contributed by atoms with Gasteiger partial charge in [0.2, 0.25) is 0 Å². The zero-order valence-corrected chi connectivity index (χ0v) is 18.5. The van der Waals surface area contributed by atoms with Gasteiger partial charge in [0.25, 0.3) is 11.8 Å². The third-order valence-electron chi connectivity index (χ3n) is 5.37. The lowest BCUT2D eigenvalue weighted by molar-refractivity contribution is -0.120. The van der Waals surface area contributed by atoms with Crippen LogP contribution in [0.15, 0.2) is 78.5 Å². The van der Waals surface area contributed by atoms with Gasteiger partial charge >= 0.3 is 0 Å². The summed E-state index contributed by atoms with van der Waals surface area (Å²) >= 11 is 0. The summed E-state index contributed by atoms with van der Waals surface area (Å²) in [6.07, 6.45) is 0.913. The van der Waals surface area contributed by atoms with E-state index in [0.717, 1.165) is 29.0 Å². The summed E-state index contributed by atoms with van der Waals surface area (Å²) in [5, 5.41) is 3.26. The van der Waals surface area contributed by atoms with Gasteiger partial charge in [0.1, 0.15) is 11.4 Å². The average molecular weight is 427 g/mol. The molecule has 4 rings (SSSR count). The van der Waals surface area contributed by atoms with Crippen LogP contribution in [0.4, 0.5) is 11.4 Å². The number of aryl methyl sites for hydroxylation is 2. The highest BCUT2D eigenvalue weighted by molar-refractivity contribution is 6.46. The molecule has 3 aromatic rings. The van der Waals surface area contributed by atoms with E-state index < -0.39 is 0 Å². The van der Waals surface area contributed by atoms with E-state index in [1.807, 2.05) is 81.4 Å². The van der Waals surface area contributed by atoms with Gasteiger partial charge in [-0.2, -0.15) is 0 Å². The maximum atomic E-state index is 13.5. The van der Waals surface area contributed by atoms with Crippen molar-refractivity contribution in [2.24, 2.45) is 0 Å². The topological polar surface area (TPSA) is 58.6 Å². The Balaban J connectivity index is 1.78. The van der Waals surface area contributed by atoms with E-state index in [1.165, 1.54) is 4.90 Å². The summed E-state index contributed by atoms with van der Waals surface area (Å²) in [5.74, 6) is 0.0107. The largest absolute Gasteiger partial charge is 0.494 e. The Morgan fingerprint density at radius 2 is 1.59 bits per heavy atom. The fraction of sp³-hybridized carbons (Fsp3) is 0.185. The van der Waals surface area contributed by atoms with Gasteiger partial charge in [-0.3, -0.25) is 9.59 Å². The van der Waals surface area contributed by atoms with E-state index in [2.05, 4.69) is 5.32 Å². The summed E-state index contributed by atoms with van der Waals surface area (Å²) < 4.78 is 5.67. The lowest BCUT2D eigenvalue weighted by Gasteiger charge is -2.15. The number of ether oxygens (including phenoxy) is 1. The zero-order valence-electron chi connectivity index (χ0n) is 18.5. The molecule has 1 N–H and O–H groups in total. The maximum absolute atomic E-state index is 13.5. The minimum Gasteiger partial charge on any atom is -0.494 e. The first-order valence-electron chi connectivity index (χ1n) is 10.7. The molecule has 32 heavy (non-hydrogen) atoms. The van der Waals surface area contributed by atoms with Crippen LogP contribution in [0, 0.1) is 13.8 Å². The van der Waals surface area contributed by atoms with Crippen molar-refractivity contribution in [2.45, 2.75) is 27.2 Å². The molecule has 0 bridgehead atoms. The van der Waals surface area contributed by atoms with Crippen molar-refractivity contribution in [2.75, 3.05) is 16.8 Å². The zero-order chi connectivity index (χ0) is 22.7. The van der Waals surface area contributed by atoms with E-state index in [1.54, 1.807) is 12.1 Å². The molecule has 1 aliphatic rings. The van der Waals surface area contributed by atoms with Gasteiger partial charge < -0.3 is 10.1 Å². The van der Waals surface area contributed by atoms with Gasteiger partial charge in [0, 0.05) is 5.69 Å². The van der Waals surface area contributed by atoms with Crippen LogP contribution in [0.1, 0.15) is 30.0 Å². The summed E-state index contributed by atoms with van der Waals surface area (Å²) in [7, 11) is 0. The Hall–Kier alpha value is -3.86. The molecule has 0 saturated carbocycles. The molecule has 0 unspecified atom stereocenters. The lowest BCUT2D eigenvalue weighted by Crippen LogP contribution is -2.32. The Morgan fingerprint density at radius 1 is 0.875 bits per heavy atom. The quantitative estimate of drug-likeness (QED) is 0.508. The molecule has 0 fully saturated rings. The second-order valence-corrected chi connectivity index (χ2v) is 7.85. The van der Waals surface area contributed by atoms with Gasteiger partial charge in [0.05, 0.1) is 17.9 Å². The first-order chi connectivity index (χ1) is 15.5. The highest BCUT2D eigenvalue weighted by Gasteiger charge is 2.40. The van der Waals surface area contributed by atoms with E-state index in [0.29, 0.717) is 23.4 Å². The Kier molecular flexibility index (Phi) is 6.08.